The van der Waals surface area contributed by atoms with Crippen molar-refractivity contribution in [1.29, 1.82) is 0 Å². The van der Waals surface area contributed by atoms with E-state index in [9.17, 15) is 9.90 Å². The van der Waals surface area contributed by atoms with E-state index < -0.39 is 11.4 Å². The van der Waals surface area contributed by atoms with Crippen LogP contribution in [0.3, 0.4) is 0 Å². The van der Waals surface area contributed by atoms with Gasteiger partial charge >= 0.3 is 5.97 Å². The monoisotopic (exact) mass is 293 g/mol. The Morgan fingerprint density at radius 1 is 1.38 bits per heavy atom. The lowest BCUT2D eigenvalue weighted by Crippen LogP contribution is -2.33. The summed E-state index contributed by atoms with van der Waals surface area (Å²) in [5.74, 6) is 0.796. The summed E-state index contributed by atoms with van der Waals surface area (Å²) in [7, 11) is 3.26. The fraction of sp³-hybridized carbons (Fsp3) is 0.562. The largest absolute Gasteiger partial charge is 0.497 e. The first-order valence-corrected chi connectivity index (χ1v) is 7.10. The van der Waals surface area contributed by atoms with Crippen molar-refractivity contribution in [2.45, 2.75) is 26.3 Å². The van der Waals surface area contributed by atoms with E-state index in [1.54, 1.807) is 14.2 Å². The zero-order chi connectivity index (χ0) is 15.6. The molecule has 0 amide bonds. The normalized spacial score (nSPS) is 23.8. The molecule has 0 radical (unpaired) electrons. The molecule has 2 rings (SSSR count). The van der Waals surface area contributed by atoms with Gasteiger partial charge in [-0.05, 0) is 32.9 Å². The molecule has 1 fully saturated rings. The van der Waals surface area contributed by atoms with Crippen LogP contribution in [0.5, 0.6) is 11.5 Å². The smallest absolute Gasteiger partial charge is 0.310 e. The fourth-order valence-corrected chi connectivity index (χ4v) is 2.86. The van der Waals surface area contributed by atoms with Crippen LogP contribution in [0.4, 0.5) is 0 Å². The Morgan fingerprint density at radius 3 is 2.62 bits per heavy atom. The summed E-state index contributed by atoms with van der Waals surface area (Å²) in [5.41, 5.74) is 0.390. The van der Waals surface area contributed by atoms with Gasteiger partial charge in [0.25, 0.3) is 0 Å². The van der Waals surface area contributed by atoms with Gasteiger partial charge in [-0.3, -0.25) is 9.69 Å². The molecule has 5 nitrogen and oxygen atoms in total. The van der Waals surface area contributed by atoms with Crippen LogP contribution < -0.4 is 9.47 Å². The summed E-state index contributed by atoms with van der Waals surface area (Å²) in [5, 5.41) is 9.34. The molecule has 116 valence electrons. The van der Waals surface area contributed by atoms with E-state index in [1.807, 2.05) is 25.1 Å². The SMILES string of the molecule is COc1ccc(C(C)N2CCC(C)(C(=O)O)C2)c(OC)c1. The topological polar surface area (TPSA) is 59.0 Å². The van der Waals surface area contributed by atoms with Crippen molar-refractivity contribution in [3.63, 3.8) is 0 Å². The highest BCUT2D eigenvalue weighted by molar-refractivity contribution is 5.74. The molecule has 1 heterocycles. The third-order valence-corrected chi connectivity index (χ3v) is 4.46. The second kappa shape index (κ2) is 5.93. The van der Waals surface area contributed by atoms with Gasteiger partial charge in [0.05, 0.1) is 19.6 Å². The summed E-state index contributed by atoms with van der Waals surface area (Å²) >= 11 is 0. The van der Waals surface area contributed by atoms with E-state index in [2.05, 4.69) is 11.8 Å². The summed E-state index contributed by atoms with van der Waals surface area (Å²) < 4.78 is 10.7. The second-order valence-corrected chi connectivity index (χ2v) is 5.87. The molecule has 5 heteroatoms. The van der Waals surface area contributed by atoms with Crippen LogP contribution in [-0.2, 0) is 4.79 Å². The van der Waals surface area contributed by atoms with Crippen LogP contribution in [0.25, 0.3) is 0 Å². The van der Waals surface area contributed by atoms with Crippen LogP contribution in [0.1, 0.15) is 31.9 Å². The number of likely N-dealkylation sites (tertiary alicyclic amines) is 1. The zero-order valence-corrected chi connectivity index (χ0v) is 13.0. The van der Waals surface area contributed by atoms with Crippen LogP contribution in [0, 0.1) is 5.41 Å². The van der Waals surface area contributed by atoms with Crippen molar-refractivity contribution in [3.05, 3.63) is 23.8 Å². The van der Waals surface area contributed by atoms with Crippen molar-refractivity contribution in [2.24, 2.45) is 5.41 Å². The average Bonchev–Trinajstić information content (AvgIpc) is 2.89. The summed E-state index contributed by atoms with van der Waals surface area (Å²) in [6, 6.07) is 5.85. The molecule has 0 aliphatic carbocycles. The molecule has 1 N–H and O–H groups in total. The minimum absolute atomic E-state index is 0.104. The molecule has 1 aromatic rings. The van der Waals surface area contributed by atoms with Gasteiger partial charge in [0.1, 0.15) is 11.5 Å². The van der Waals surface area contributed by atoms with Gasteiger partial charge in [0.15, 0.2) is 0 Å². The molecule has 0 spiro atoms. The number of carbonyl (C=O) groups is 1. The van der Waals surface area contributed by atoms with Gasteiger partial charge < -0.3 is 14.6 Å². The van der Waals surface area contributed by atoms with E-state index >= 15 is 0 Å². The van der Waals surface area contributed by atoms with Crippen molar-refractivity contribution >= 4 is 5.97 Å². The second-order valence-electron chi connectivity index (χ2n) is 5.87. The number of hydrogen-bond donors (Lipinski definition) is 1. The number of nitrogens with zero attached hydrogens (tertiary/aromatic N) is 1. The van der Waals surface area contributed by atoms with Crippen molar-refractivity contribution in [1.82, 2.24) is 4.90 Å². The molecule has 0 aromatic heterocycles. The average molecular weight is 293 g/mol. The van der Waals surface area contributed by atoms with Gasteiger partial charge in [-0.25, -0.2) is 0 Å². The first-order valence-electron chi connectivity index (χ1n) is 7.10. The van der Waals surface area contributed by atoms with Crippen LogP contribution in [0.2, 0.25) is 0 Å². The first kappa shape index (κ1) is 15.6. The lowest BCUT2D eigenvalue weighted by molar-refractivity contribution is -0.147. The fourth-order valence-electron chi connectivity index (χ4n) is 2.86. The van der Waals surface area contributed by atoms with Gasteiger partial charge in [-0.15, -0.1) is 0 Å². The maximum absolute atomic E-state index is 11.4. The molecule has 2 atom stereocenters. The van der Waals surface area contributed by atoms with Gasteiger partial charge in [-0.2, -0.15) is 0 Å². The van der Waals surface area contributed by atoms with E-state index in [0.717, 1.165) is 23.6 Å². The zero-order valence-electron chi connectivity index (χ0n) is 13.0. The highest BCUT2D eigenvalue weighted by Gasteiger charge is 2.42. The van der Waals surface area contributed by atoms with Crippen molar-refractivity contribution < 1.29 is 19.4 Å². The Bertz CT molecular complexity index is 531. The maximum atomic E-state index is 11.4. The van der Waals surface area contributed by atoms with E-state index in [0.29, 0.717) is 13.0 Å². The number of carboxylic acids is 1. The number of methoxy groups -OCH3 is 2. The summed E-state index contributed by atoms with van der Waals surface area (Å²) in [6.45, 7) is 5.23. The summed E-state index contributed by atoms with van der Waals surface area (Å²) in [6.07, 6.45) is 0.672. The maximum Gasteiger partial charge on any atom is 0.310 e. The number of rotatable bonds is 5. The Hall–Kier alpha value is -1.75. The molecule has 21 heavy (non-hydrogen) atoms. The van der Waals surface area contributed by atoms with Gasteiger partial charge in [0.2, 0.25) is 0 Å². The number of benzene rings is 1. The predicted octanol–water partition coefficient (Wildman–Crippen LogP) is 2.56. The first-order chi connectivity index (χ1) is 9.91. The summed E-state index contributed by atoms with van der Waals surface area (Å²) in [4.78, 5) is 13.6. The molecular weight excluding hydrogens is 270 g/mol. The Balaban J connectivity index is 2.21. The highest BCUT2D eigenvalue weighted by Crippen LogP contribution is 2.38. The quantitative estimate of drug-likeness (QED) is 0.904. The Morgan fingerprint density at radius 2 is 2.10 bits per heavy atom. The Kier molecular flexibility index (Phi) is 4.42. The minimum Gasteiger partial charge on any atom is -0.497 e. The lowest BCUT2D eigenvalue weighted by atomic mass is 9.90. The minimum atomic E-state index is -0.723. The molecule has 1 aliphatic rings. The third-order valence-electron chi connectivity index (χ3n) is 4.46. The van der Waals surface area contributed by atoms with E-state index in [-0.39, 0.29) is 6.04 Å². The molecule has 1 saturated heterocycles. The molecule has 1 aliphatic heterocycles. The molecule has 0 saturated carbocycles. The Labute approximate surface area is 125 Å². The lowest BCUT2D eigenvalue weighted by Gasteiger charge is -2.27. The van der Waals surface area contributed by atoms with E-state index in [1.165, 1.54) is 0 Å². The van der Waals surface area contributed by atoms with Crippen molar-refractivity contribution in [2.75, 3.05) is 27.3 Å². The standard InChI is InChI=1S/C16H23NO4/c1-11(17-8-7-16(2,10-17)15(18)19)13-6-5-12(20-3)9-14(13)21-4/h5-6,9,11H,7-8,10H2,1-4H3,(H,18,19). The van der Waals surface area contributed by atoms with Crippen LogP contribution in [0.15, 0.2) is 18.2 Å². The predicted molar refractivity (Wildman–Crippen MR) is 79.9 cm³/mol. The number of carboxylic acid groups (broad SMARTS) is 1. The van der Waals surface area contributed by atoms with E-state index in [4.69, 9.17) is 9.47 Å². The highest BCUT2D eigenvalue weighted by atomic mass is 16.5. The molecule has 0 bridgehead atoms. The third kappa shape index (κ3) is 2.97. The molecule has 2 unspecified atom stereocenters. The number of aliphatic carboxylic acids is 1. The number of ether oxygens (including phenoxy) is 2. The molecule has 1 aromatic carbocycles. The van der Waals surface area contributed by atoms with Gasteiger partial charge in [0, 0.05) is 24.2 Å². The van der Waals surface area contributed by atoms with Crippen LogP contribution in [-0.4, -0.2) is 43.3 Å². The molecular formula is C16H23NO4. The van der Waals surface area contributed by atoms with Crippen molar-refractivity contribution in [3.8, 4) is 11.5 Å². The number of hydrogen-bond acceptors (Lipinski definition) is 4. The van der Waals surface area contributed by atoms with Gasteiger partial charge in [-0.1, -0.05) is 6.07 Å². The van der Waals surface area contributed by atoms with Crippen LogP contribution >= 0.6 is 0 Å².